The van der Waals surface area contributed by atoms with E-state index in [4.69, 9.17) is 10.5 Å². The average Bonchev–Trinajstić information content (AvgIpc) is 2.47. The van der Waals surface area contributed by atoms with Gasteiger partial charge in [0, 0.05) is 27.3 Å². The number of anilines is 1. The molecule has 0 radical (unpaired) electrons. The Balaban J connectivity index is 1.90. The lowest BCUT2D eigenvalue weighted by Gasteiger charge is -2.10. The first-order valence-electron chi connectivity index (χ1n) is 6.24. The fourth-order valence-electron chi connectivity index (χ4n) is 2.09. The number of fused-ring (bicyclic) bond motifs is 1. The molecule has 3 rings (SSSR count). The maximum absolute atomic E-state index is 5.97. The summed E-state index contributed by atoms with van der Waals surface area (Å²) in [6.07, 6.45) is 1.77. The van der Waals surface area contributed by atoms with Crippen LogP contribution < -0.4 is 10.5 Å². The van der Waals surface area contributed by atoms with Crippen LogP contribution in [0.2, 0.25) is 0 Å². The molecule has 2 N–H and O–H groups in total. The van der Waals surface area contributed by atoms with Crippen LogP contribution >= 0.6 is 15.9 Å². The number of hydrogen-bond donors (Lipinski definition) is 1. The van der Waals surface area contributed by atoms with Crippen molar-refractivity contribution in [3.05, 3.63) is 64.8 Å². The molecule has 1 heterocycles. The zero-order valence-electron chi connectivity index (χ0n) is 10.7. The highest BCUT2D eigenvalue weighted by Gasteiger charge is 2.06. The SMILES string of the molecule is Nc1ccc(COc2cccc(Br)c2)c2ncccc12. The van der Waals surface area contributed by atoms with Crippen molar-refractivity contribution in [2.24, 2.45) is 0 Å². The monoisotopic (exact) mass is 328 g/mol. The lowest BCUT2D eigenvalue weighted by Crippen LogP contribution is -1.99. The minimum absolute atomic E-state index is 0.463. The minimum Gasteiger partial charge on any atom is -0.489 e. The maximum atomic E-state index is 5.97. The summed E-state index contributed by atoms with van der Waals surface area (Å²) in [6.45, 7) is 0.463. The summed E-state index contributed by atoms with van der Waals surface area (Å²) < 4.78 is 6.81. The van der Waals surface area contributed by atoms with Crippen LogP contribution in [0.15, 0.2) is 59.2 Å². The second-order valence-corrected chi connectivity index (χ2v) is 5.38. The molecular formula is C16H13BrN2O. The Morgan fingerprint density at radius 3 is 2.85 bits per heavy atom. The van der Waals surface area contributed by atoms with E-state index in [1.807, 2.05) is 48.5 Å². The summed E-state index contributed by atoms with van der Waals surface area (Å²) in [7, 11) is 0. The predicted molar refractivity (Wildman–Crippen MR) is 84.6 cm³/mol. The van der Waals surface area contributed by atoms with E-state index in [1.165, 1.54) is 0 Å². The number of aromatic nitrogens is 1. The van der Waals surface area contributed by atoms with Crippen molar-refractivity contribution in [1.82, 2.24) is 4.98 Å². The highest BCUT2D eigenvalue weighted by molar-refractivity contribution is 9.10. The van der Waals surface area contributed by atoms with Crippen molar-refractivity contribution in [3.63, 3.8) is 0 Å². The lowest BCUT2D eigenvalue weighted by molar-refractivity contribution is 0.307. The van der Waals surface area contributed by atoms with Crippen LogP contribution in [0.5, 0.6) is 5.75 Å². The molecular weight excluding hydrogens is 316 g/mol. The fraction of sp³-hybridized carbons (Fsp3) is 0.0625. The van der Waals surface area contributed by atoms with Crippen LogP contribution in [0.25, 0.3) is 10.9 Å². The third-order valence-electron chi connectivity index (χ3n) is 3.08. The number of nitrogens with zero attached hydrogens (tertiary/aromatic N) is 1. The zero-order chi connectivity index (χ0) is 13.9. The highest BCUT2D eigenvalue weighted by atomic mass is 79.9. The molecule has 100 valence electrons. The Labute approximate surface area is 125 Å². The Kier molecular flexibility index (Phi) is 3.56. The third-order valence-corrected chi connectivity index (χ3v) is 3.57. The molecule has 0 atom stereocenters. The molecule has 0 bridgehead atoms. The van der Waals surface area contributed by atoms with Crippen molar-refractivity contribution < 1.29 is 4.74 Å². The maximum Gasteiger partial charge on any atom is 0.120 e. The number of rotatable bonds is 3. The number of hydrogen-bond acceptors (Lipinski definition) is 3. The van der Waals surface area contributed by atoms with Gasteiger partial charge in [0.15, 0.2) is 0 Å². The van der Waals surface area contributed by atoms with Crippen molar-refractivity contribution in [2.45, 2.75) is 6.61 Å². The Morgan fingerprint density at radius 2 is 2.00 bits per heavy atom. The molecule has 0 saturated heterocycles. The largest absolute Gasteiger partial charge is 0.489 e. The minimum atomic E-state index is 0.463. The van der Waals surface area contributed by atoms with E-state index in [0.29, 0.717) is 6.61 Å². The van der Waals surface area contributed by atoms with Crippen molar-refractivity contribution in [2.75, 3.05) is 5.73 Å². The summed E-state index contributed by atoms with van der Waals surface area (Å²) in [5, 5.41) is 0.961. The van der Waals surface area contributed by atoms with E-state index in [2.05, 4.69) is 20.9 Å². The Bertz CT molecular complexity index is 758. The summed E-state index contributed by atoms with van der Waals surface area (Å²) >= 11 is 3.43. The molecule has 0 aliphatic rings. The summed E-state index contributed by atoms with van der Waals surface area (Å²) in [5.74, 6) is 0.820. The van der Waals surface area contributed by atoms with Crippen molar-refractivity contribution >= 4 is 32.5 Å². The molecule has 3 aromatic rings. The van der Waals surface area contributed by atoms with Gasteiger partial charge in [-0.15, -0.1) is 0 Å². The van der Waals surface area contributed by atoms with Gasteiger partial charge in [0.2, 0.25) is 0 Å². The van der Waals surface area contributed by atoms with Crippen LogP contribution in [0, 0.1) is 0 Å². The van der Waals surface area contributed by atoms with Gasteiger partial charge in [-0.05, 0) is 36.4 Å². The quantitative estimate of drug-likeness (QED) is 0.734. The average molecular weight is 329 g/mol. The van der Waals surface area contributed by atoms with Gasteiger partial charge in [0.05, 0.1) is 5.52 Å². The van der Waals surface area contributed by atoms with Crippen LogP contribution in [0.4, 0.5) is 5.69 Å². The number of ether oxygens (including phenoxy) is 1. The molecule has 1 aromatic heterocycles. The molecule has 0 unspecified atom stereocenters. The van der Waals surface area contributed by atoms with E-state index in [1.54, 1.807) is 6.20 Å². The molecule has 0 fully saturated rings. The topological polar surface area (TPSA) is 48.1 Å². The molecule has 0 amide bonds. The standard InChI is InChI=1S/C16H13BrN2O/c17-12-3-1-4-13(9-12)20-10-11-6-7-15(18)14-5-2-8-19-16(11)14/h1-9H,10,18H2. The van der Waals surface area contributed by atoms with E-state index in [-0.39, 0.29) is 0 Å². The molecule has 20 heavy (non-hydrogen) atoms. The van der Waals surface area contributed by atoms with E-state index < -0.39 is 0 Å². The van der Waals surface area contributed by atoms with Gasteiger partial charge in [-0.3, -0.25) is 4.98 Å². The van der Waals surface area contributed by atoms with Gasteiger partial charge in [0.1, 0.15) is 12.4 Å². The molecule has 0 spiro atoms. The number of nitrogens with two attached hydrogens (primary N) is 1. The number of nitrogen functional groups attached to an aromatic ring is 1. The second kappa shape index (κ2) is 5.51. The fourth-order valence-corrected chi connectivity index (χ4v) is 2.47. The van der Waals surface area contributed by atoms with Gasteiger partial charge in [-0.2, -0.15) is 0 Å². The molecule has 3 nitrogen and oxygen atoms in total. The Hall–Kier alpha value is -2.07. The normalized spacial score (nSPS) is 10.7. The molecule has 4 heteroatoms. The van der Waals surface area contributed by atoms with Crippen LogP contribution in [0.1, 0.15) is 5.56 Å². The smallest absolute Gasteiger partial charge is 0.120 e. The van der Waals surface area contributed by atoms with Gasteiger partial charge in [-0.1, -0.05) is 28.1 Å². The van der Waals surface area contributed by atoms with Gasteiger partial charge in [0.25, 0.3) is 0 Å². The number of halogens is 1. The van der Waals surface area contributed by atoms with Gasteiger partial charge >= 0.3 is 0 Å². The van der Waals surface area contributed by atoms with Crippen LogP contribution in [-0.2, 0) is 6.61 Å². The number of pyridine rings is 1. The molecule has 2 aromatic carbocycles. The molecule has 0 aliphatic heterocycles. The zero-order valence-corrected chi connectivity index (χ0v) is 12.3. The van der Waals surface area contributed by atoms with Gasteiger partial charge in [-0.25, -0.2) is 0 Å². The van der Waals surface area contributed by atoms with Crippen LogP contribution in [0.3, 0.4) is 0 Å². The second-order valence-electron chi connectivity index (χ2n) is 4.46. The van der Waals surface area contributed by atoms with Crippen molar-refractivity contribution in [1.29, 1.82) is 0 Å². The summed E-state index contributed by atoms with van der Waals surface area (Å²) in [4.78, 5) is 4.40. The van der Waals surface area contributed by atoms with E-state index in [9.17, 15) is 0 Å². The van der Waals surface area contributed by atoms with E-state index >= 15 is 0 Å². The highest BCUT2D eigenvalue weighted by Crippen LogP contribution is 2.24. The molecule has 0 saturated carbocycles. The Morgan fingerprint density at radius 1 is 1.10 bits per heavy atom. The van der Waals surface area contributed by atoms with E-state index in [0.717, 1.165) is 32.4 Å². The van der Waals surface area contributed by atoms with Gasteiger partial charge < -0.3 is 10.5 Å². The first-order chi connectivity index (χ1) is 9.74. The molecule has 0 aliphatic carbocycles. The summed E-state index contributed by atoms with van der Waals surface area (Å²) in [5.41, 5.74) is 8.61. The van der Waals surface area contributed by atoms with Crippen molar-refractivity contribution in [3.8, 4) is 5.75 Å². The first kappa shape index (κ1) is 12.9. The predicted octanol–water partition coefficient (Wildman–Crippen LogP) is 4.16. The third kappa shape index (κ3) is 2.60. The first-order valence-corrected chi connectivity index (χ1v) is 7.04. The lowest BCUT2D eigenvalue weighted by atomic mass is 10.1. The van der Waals surface area contributed by atoms with Crippen LogP contribution in [-0.4, -0.2) is 4.98 Å². The summed E-state index contributed by atoms with van der Waals surface area (Å²) in [6, 6.07) is 15.5. The number of benzene rings is 2.